The molecule has 0 bridgehead atoms. The molecule has 1 aromatic carbocycles. The second-order valence-electron chi connectivity index (χ2n) is 4.90. The van der Waals surface area contributed by atoms with Gasteiger partial charge in [0.15, 0.2) is 5.82 Å². The highest BCUT2D eigenvalue weighted by Crippen LogP contribution is 2.33. The highest BCUT2D eigenvalue weighted by Gasteiger charge is 2.17. The summed E-state index contributed by atoms with van der Waals surface area (Å²) >= 11 is 6.94. The zero-order valence-corrected chi connectivity index (χ0v) is 15.2. The number of hydrogen-bond acceptors (Lipinski definition) is 3. The summed E-state index contributed by atoms with van der Waals surface area (Å²) in [6, 6.07) is 4.51. The quantitative estimate of drug-likeness (QED) is 0.728. The van der Waals surface area contributed by atoms with Crippen LogP contribution in [0, 0.1) is 5.82 Å². The van der Waals surface area contributed by atoms with Crippen LogP contribution in [0.4, 0.5) is 10.2 Å². The van der Waals surface area contributed by atoms with E-state index in [1.165, 1.54) is 12.1 Å². The Kier molecular flexibility index (Phi) is 5.32. The van der Waals surface area contributed by atoms with Gasteiger partial charge in [-0.3, -0.25) is 0 Å². The smallest absolute Gasteiger partial charge is 0.162 e. The van der Waals surface area contributed by atoms with Crippen LogP contribution in [0.1, 0.15) is 32.4 Å². The third-order valence-corrected chi connectivity index (χ3v) is 4.38. The van der Waals surface area contributed by atoms with E-state index in [0.29, 0.717) is 10.3 Å². The largest absolute Gasteiger partial charge is 0.369 e. The lowest BCUT2D eigenvalue weighted by atomic mass is 10.1. The Morgan fingerprint density at radius 3 is 2.52 bits per heavy atom. The summed E-state index contributed by atoms with van der Waals surface area (Å²) in [5.41, 5.74) is 1.69. The molecule has 21 heavy (non-hydrogen) atoms. The van der Waals surface area contributed by atoms with Crippen molar-refractivity contribution in [3.8, 4) is 11.4 Å². The first-order valence-electron chi connectivity index (χ1n) is 6.70. The second kappa shape index (κ2) is 6.83. The topological polar surface area (TPSA) is 37.8 Å². The molecule has 0 atom stereocenters. The molecule has 0 saturated heterocycles. The van der Waals surface area contributed by atoms with Gasteiger partial charge >= 0.3 is 0 Å². The minimum Gasteiger partial charge on any atom is -0.369 e. The monoisotopic (exact) mass is 415 g/mol. The van der Waals surface area contributed by atoms with Gasteiger partial charge in [-0.15, -0.1) is 0 Å². The van der Waals surface area contributed by atoms with E-state index in [4.69, 9.17) is 0 Å². The summed E-state index contributed by atoms with van der Waals surface area (Å²) in [7, 11) is 0. The predicted octanol–water partition coefficient (Wildman–Crippen LogP) is 5.36. The van der Waals surface area contributed by atoms with Crippen molar-refractivity contribution in [2.45, 2.75) is 26.7 Å². The van der Waals surface area contributed by atoms with E-state index in [2.05, 4.69) is 61.0 Å². The number of nitrogens with one attached hydrogen (secondary N) is 1. The van der Waals surface area contributed by atoms with E-state index in [1.807, 2.05) is 6.92 Å². The Labute approximate surface area is 140 Å². The molecule has 1 heterocycles. The van der Waals surface area contributed by atoms with E-state index in [9.17, 15) is 4.39 Å². The van der Waals surface area contributed by atoms with Crippen molar-refractivity contribution in [2.75, 3.05) is 11.9 Å². The van der Waals surface area contributed by atoms with Gasteiger partial charge in [0.25, 0.3) is 0 Å². The molecule has 0 aliphatic heterocycles. The Bertz CT molecular complexity index is 660. The number of anilines is 1. The van der Waals surface area contributed by atoms with Crippen LogP contribution in [0.2, 0.25) is 0 Å². The molecule has 0 aliphatic rings. The normalized spacial score (nSPS) is 11.0. The third kappa shape index (κ3) is 3.61. The fourth-order valence-corrected chi connectivity index (χ4v) is 3.23. The van der Waals surface area contributed by atoms with Gasteiger partial charge in [0.1, 0.15) is 11.6 Å². The number of aromatic nitrogens is 2. The van der Waals surface area contributed by atoms with Crippen molar-refractivity contribution in [1.82, 2.24) is 9.97 Å². The molecule has 1 aromatic heterocycles. The van der Waals surface area contributed by atoms with Crippen LogP contribution in [-0.4, -0.2) is 16.5 Å². The number of halogens is 3. The van der Waals surface area contributed by atoms with Gasteiger partial charge in [0, 0.05) is 16.6 Å². The lowest BCUT2D eigenvalue weighted by Crippen LogP contribution is -2.07. The average Bonchev–Trinajstić information content (AvgIpc) is 2.41. The number of rotatable bonds is 4. The molecule has 0 unspecified atom stereocenters. The minimum atomic E-state index is -0.293. The summed E-state index contributed by atoms with van der Waals surface area (Å²) in [5, 5.41) is 3.22. The number of benzene rings is 1. The van der Waals surface area contributed by atoms with Gasteiger partial charge in [-0.1, -0.05) is 13.8 Å². The third-order valence-electron chi connectivity index (χ3n) is 2.94. The van der Waals surface area contributed by atoms with Crippen LogP contribution in [0.25, 0.3) is 11.4 Å². The summed E-state index contributed by atoms with van der Waals surface area (Å²) in [5.74, 6) is 1.28. The molecule has 2 rings (SSSR count). The Morgan fingerprint density at radius 2 is 1.95 bits per heavy atom. The second-order valence-corrected chi connectivity index (χ2v) is 6.55. The first-order valence-corrected chi connectivity index (χ1v) is 8.29. The molecule has 0 spiro atoms. The molecule has 112 valence electrons. The van der Waals surface area contributed by atoms with Gasteiger partial charge in [0.05, 0.1) is 10.2 Å². The van der Waals surface area contributed by atoms with Crippen molar-refractivity contribution in [3.05, 3.63) is 38.7 Å². The van der Waals surface area contributed by atoms with Crippen LogP contribution in [-0.2, 0) is 0 Å². The van der Waals surface area contributed by atoms with Crippen LogP contribution >= 0.6 is 31.9 Å². The van der Waals surface area contributed by atoms with Gasteiger partial charge in [-0.05, 0) is 62.9 Å². The van der Waals surface area contributed by atoms with E-state index < -0.39 is 0 Å². The van der Waals surface area contributed by atoms with E-state index in [1.54, 1.807) is 6.07 Å². The number of nitrogens with zero attached hydrogens (tertiary/aromatic N) is 2. The van der Waals surface area contributed by atoms with Crippen LogP contribution in [0.15, 0.2) is 27.1 Å². The van der Waals surface area contributed by atoms with Crippen molar-refractivity contribution in [2.24, 2.45) is 0 Å². The van der Waals surface area contributed by atoms with E-state index in [-0.39, 0.29) is 11.7 Å². The molecule has 0 fully saturated rings. The molecule has 3 nitrogen and oxygen atoms in total. The summed E-state index contributed by atoms with van der Waals surface area (Å²) in [6.45, 7) is 6.92. The van der Waals surface area contributed by atoms with Gasteiger partial charge in [0.2, 0.25) is 0 Å². The summed E-state index contributed by atoms with van der Waals surface area (Å²) in [4.78, 5) is 9.17. The van der Waals surface area contributed by atoms with Crippen LogP contribution in [0.3, 0.4) is 0 Å². The van der Waals surface area contributed by atoms with Crippen LogP contribution in [0.5, 0.6) is 0 Å². The molecule has 0 amide bonds. The highest BCUT2D eigenvalue weighted by molar-refractivity contribution is 9.11. The van der Waals surface area contributed by atoms with Gasteiger partial charge in [-0.25, -0.2) is 14.4 Å². The fourth-order valence-electron chi connectivity index (χ4n) is 1.92. The minimum absolute atomic E-state index is 0.248. The van der Waals surface area contributed by atoms with Crippen molar-refractivity contribution in [1.29, 1.82) is 0 Å². The fraction of sp³-hybridized carbons (Fsp3) is 0.333. The van der Waals surface area contributed by atoms with E-state index >= 15 is 0 Å². The lowest BCUT2D eigenvalue weighted by Gasteiger charge is -2.15. The van der Waals surface area contributed by atoms with Crippen LogP contribution < -0.4 is 5.32 Å². The molecule has 0 saturated carbocycles. The van der Waals surface area contributed by atoms with Crippen molar-refractivity contribution in [3.63, 3.8) is 0 Å². The SMILES string of the molecule is CCNc1nc(-c2ccc(F)cc2Br)nc(C(C)C)c1Br. The van der Waals surface area contributed by atoms with E-state index in [0.717, 1.165) is 28.1 Å². The molecule has 0 aliphatic carbocycles. The maximum absolute atomic E-state index is 13.2. The standard InChI is InChI=1S/C15H16Br2FN3/c1-4-19-15-12(17)13(8(2)3)20-14(21-15)10-6-5-9(18)7-11(10)16/h5-8H,4H2,1-3H3,(H,19,20,21). The van der Waals surface area contributed by atoms with Gasteiger partial charge < -0.3 is 5.32 Å². The molecule has 6 heteroatoms. The molecule has 1 N–H and O–H groups in total. The maximum atomic E-state index is 13.2. The molecule has 2 aromatic rings. The van der Waals surface area contributed by atoms with Crippen molar-refractivity contribution >= 4 is 37.7 Å². The first kappa shape index (κ1) is 16.4. The summed E-state index contributed by atoms with van der Waals surface area (Å²) in [6.07, 6.45) is 0. The highest BCUT2D eigenvalue weighted by atomic mass is 79.9. The Balaban J connectivity index is 2.62. The van der Waals surface area contributed by atoms with Gasteiger partial charge in [-0.2, -0.15) is 0 Å². The zero-order chi connectivity index (χ0) is 15.6. The number of hydrogen-bond donors (Lipinski definition) is 1. The first-order chi connectivity index (χ1) is 9.93. The Morgan fingerprint density at radius 1 is 1.24 bits per heavy atom. The molecule has 0 radical (unpaired) electrons. The predicted molar refractivity (Wildman–Crippen MR) is 91.1 cm³/mol. The Hall–Kier alpha value is -1.01. The average molecular weight is 417 g/mol. The van der Waals surface area contributed by atoms with Crippen molar-refractivity contribution < 1.29 is 4.39 Å². The lowest BCUT2D eigenvalue weighted by molar-refractivity contribution is 0.627. The summed E-state index contributed by atoms with van der Waals surface area (Å²) < 4.78 is 14.8. The molecular formula is C15H16Br2FN3. The zero-order valence-electron chi connectivity index (χ0n) is 12.0. The molecular weight excluding hydrogens is 401 g/mol. The maximum Gasteiger partial charge on any atom is 0.162 e.